The summed E-state index contributed by atoms with van der Waals surface area (Å²) in [6.45, 7) is 0. The third-order valence-electron chi connectivity index (χ3n) is 3.72. The molecule has 1 N–H and O–H groups in total. The Labute approximate surface area is 127 Å². The summed E-state index contributed by atoms with van der Waals surface area (Å²) in [5, 5.41) is 6.11. The van der Waals surface area contributed by atoms with E-state index in [1.54, 1.807) is 41.8 Å². The van der Waals surface area contributed by atoms with Crippen LogP contribution in [0, 0.1) is 0 Å². The van der Waals surface area contributed by atoms with Crippen molar-refractivity contribution < 1.29 is 13.2 Å². The molecular formula is C15H15NO3S2. The predicted molar refractivity (Wildman–Crippen MR) is 82.2 cm³/mol. The molecule has 1 aliphatic carbocycles. The highest BCUT2D eigenvalue weighted by molar-refractivity contribution is 7.92. The van der Waals surface area contributed by atoms with Gasteiger partial charge in [-0.25, -0.2) is 8.42 Å². The summed E-state index contributed by atoms with van der Waals surface area (Å²) in [7, 11) is -3.27. The lowest BCUT2D eigenvalue weighted by Crippen LogP contribution is -2.49. The van der Waals surface area contributed by atoms with Crippen LogP contribution in [-0.4, -0.2) is 25.6 Å². The maximum Gasteiger partial charge on any atom is 0.252 e. The number of nitrogens with one attached hydrogen (secondary N) is 1. The Kier molecular flexibility index (Phi) is 3.82. The minimum absolute atomic E-state index is 0.0547. The molecule has 1 saturated carbocycles. The van der Waals surface area contributed by atoms with Gasteiger partial charge in [0.2, 0.25) is 0 Å². The number of hydrogen-bond donors (Lipinski definition) is 1. The SMILES string of the molecule is O=C(NC1CC(S(=O)(=O)c2ccccc2)C1)c1ccsc1. The maximum atomic E-state index is 12.4. The number of sulfone groups is 1. The smallest absolute Gasteiger partial charge is 0.252 e. The normalized spacial score (nSPS) is 21.5. The van der Waals surface area contributed by atoms with Gasteiger partial charge >= 0.3 is 0 Å². The second-order valence-corrected chi connectivity index (χ2v) is 8.14. The van der Waals surface area contributed by atoms with Crippen molar-refractivity contribution in [2.24, 2.45) is 0 Å². The average Bonchev–Trinajstić information content (AvgIpc) is 2.97. The summed E-state index contributed by atoms with van der Waals surface area (Å²) >= 11 is 1.47. The Balaban J connectivity index is 1.60. The quantitative estimate of drug-likeness (QED) is 0.941. The molecule has 1 aromatic heterocycles. The number of carbonyl (C=O) groups is 1. The van der Waals surface area contributed by atoms with Crippen LogP contribution in [-0.2, 0) is 9.84 Å². The van der Waals surface area contributed by atoms with Gasteiger partial charge in [-0.15, -0.1) is 0 Å². The van der Waals surface area contributed by atoms with Crippen LogP contribution in [0.3, 0.4) is 0 Å². The maximum absolute atomic E-state index is 12.4. The monoisotopic (exact) mass is 321 g/mol. The van der Waals surface area contributed by atoms with E-state index in [0.29, 0.717) is 23.3 Å². The number of thiophene rings is 1. The van der Waals surface area contributed by atoms with Gasteiger partial charge in [-0.3, -0.25) is 4.79 Å². The number of hydrogen-bond acceptors (Lipinski definition) is 4. The van der Waals surface area contributed by atoms with Gasteiger partial charge in [-0.1, -0.05) is 18.2 Å². The van der Waals surface area contributed by atoms with E-state index in [0.717, 1.165) is 0 Å². The van der Waals surface area contributed by atoms with Crippen LogP contribution in [0.5, 0.6) is 0 Å². The van der Waals surface area contributed by atoms with Gasteiger partial charge in [0.25, 0.3) is 5.91 Å². The van der Waals surface area contributed by atoms with E-state index in [-0.39, 0.29) is 11.9 Å². The Morgan fingerprint density at radius 2 is 1.86 bits per heavy atom. The number of rotatable bonds is 4. The van der Waals surface area contributed by atoms with Crippen molar-refractivity contribution in [1.82, 2.24) is 5.32 Å². The standard InChI is InChI=1S/C15H15NO3S2/c17-15(11-6-7-20-10-11)16-12-8-14(9-12)21(18,19)13-4-2-1-3-5-13/h1-7,10,12,14H,8-9H2,(H,16,17). The lowest BCUT2D eigenvalue weighted by Gasteiger charge is -2.35. The van der Waals surface area contributed by atoms with Gasteiger partial charge in [0, 0.05) is 17.0 Å². The Morgan fingerprint density at radius 3 is 2.48 bits per heavy atom. The fourth-order valence-electron chi connectivity index (χ4n) is 2.40. The van der Waals surface area contributed by atoms with Gasteiger partial charge in [-0.2, -0.15) is 11.3 Å². The molecule has 21 heavy (non-hydrogen) atoms. The number of benzene rings is 1. The van der Waals surface area contributed by atoms with Crippen molar-refractivity contribution >= 4 is 27.1 Å². The molecule has 0 aliphatic heterocycles. The molecule has 0 bridgehead atoms. The van der Waals surface area contributed by atoms with Crippen LogP contribution in [0.2, 0.25) is 0 Å². The molecule has 0 unspecified atom stereocenters. The third kappa shape index (κ3) is 2.87. The second-order valence-electron chi connectivity index (χ2n) is 5.13. The zero-order chi connectivity index (χ0) is 14.9. The van der Waals surface area contributed by atoms with E-state index in [1.165, 1.54) is 11.3 Å². The van der Waals surface area contributed by atoms with E-state index < -0.39 is 15.1 Å². The van der Waals surface area contributed by atoms with Crippen LogP contribution < -0.4 is 5.32 Å². The summed E-state index contributed by atoms with van der Waals surface area (Å²) in [6.07, 6.45) is 0.959. The first-order valence-corrected chi connectivity index (χ1v) is 9.18. The summed E-state index contributed by atoms with van der Waals surface area (Å²) < 4.78 is 24.7. The number of carbonyl (C=O) groups excluding carboxylic acids is 1. The molecule has 6 heteroatoms. The molecule has 0 spiro atoms. The van der Waals surface area contributed by atoms with E-state index >= 15 is 0 Å². The van der Waals surface area contributed by atoms with Crippen molar-refractivity contribution in [3.8, 4) is 0 Å². The number of amides is 1. The van der Waals surface area contributed by atoms with E-state index in [9.17, 15) is 13.2 Å². The molecule has 2 aromatic rings. The van der Waals surface area contributed by atoms with E-state index in [1.807, 2.05) is 5.38 Å². The van der Waals surface area contributed by atoms with Crippen molar-refractivity contribution in [3.63, 3.8) is 0 Å². The topological polar surface area (TPSA) is 63.2 Å². The fourth-order valence-corrected chi connectivity index (χ4v) is 4.93. The van der Waals surface area contributed by atoms with E-state index in [4.69, 9.17) is 0 Å². The summed E-state index contributed by atoms with van der Waals surface area (Å²) in [5.41, 5.74) is 0.634. The fraction of sp³-hybridized carbons (Fsp3) is 0.267. The summed E-state index contributed by atoms with van der Waals surface area (Å²) in [5.74, 6) is -0.128. The molecule has 1 amide bonds. The van der Waals surface area contributed by atoms with Gasteiger partial charge < -0.3 is 5.32 Å². The van der Waals surface area contributed by atoms with Crippen molar-refractivity contribution in [3.05, 3.63) is 52.7 Å². The van der Waals surface area contributed by atoms with Crippen LogP contribution in [0.15, 0.2) is 52.1 Å². The Morgan fingerprint density at radius 1 is 1.14 bits per heavy atom. The molecular weight excluding hydrogens is 306 g/mol. The Hall–Kier alpha value is -1.66. The van der Waals surface area contributed by atoms with Gasteiger partial charge in [0.1, 0.15) is 0 Å². The lowest BCUT2D eigenvalue weighted by atomic mass is 9.92. The van der Waals surface area contributed by atoms with Gasteiger partial charge in [0.15, 0.2) is 9.84 Å². The molecule has 0 radical (unpaired) electrons. The van der Waals surface area contributed by atoms with Crippen LogP contribution in [0.1, 0.15) is 23.2 Å². The molecule has 1 aromatic carbocycles. The molecule has 3 rings (SSSR count). The first kappa shape index (κ1) is 14.3. The van der Waals surface area contributed by atoms with Crippen LogP contribution in [0.4, 0.5) is 0 Å². The zero-order valence-corrected chi connectivity index (χ0v) is 12.9. The van der Waals surface area contributed by atoms with Gasteiger partial charge in [-0.05, 0) is 36.4 Å². The molecule has 1 heterocycles. The molecule has 0 saturated heterocycles. The molecule has 1 fully saturated rings. The summed E-state index contributed by atoms with van der Waals surface area (Å²) in [6, 6.07) is 10.2. The first-order valence-electron chi connectivity index (χ1n) is 6.69. The lowest BCUT2D eigenvalue weighted by molar-refractivity contribution is 0.0918. The van der Waals surface area contributed by atoms with Crippen LogP contribution >= 0.6 is 11.3 Å². The third-order valence-corrected chi connectivity index (χ3v) is 6.60. The average molecular weight is 321 g/mol. The minimum Gasteiger partial charge on any atom is -0.349 e. The molecule has 4 nitrogen and oxygen atoms in total. The molecule has 0 atom stereocenters. The first-order chi connectivity index (χ1) is 10.1. The highest BCUT2D eigenvalue weighted by Crippen LogP contribution is 2.31. The van der Waals surface area contributed by atoms with Crippen molar-refractivity contribution in [2.75, 3.05) is 0 Å². The highest BCUT2D eigenvalue weighted by atomic mass is 32.2. The van der Waals surface area contributed by atoms with E-state index in [2.05, 4.69) is 5.32 Å². The van der Waals surface area contributed by atoms with Gasteiger partial charge in [0.05, 0.1) is 10.1 Å². The van der Waals surface area contributed by atoms with Crippen molar-refractivity contribution in [1.29, 1.82) is 0 Å². The second kappa shape index (κ2) is 5.61. The van der Waals surface area contributed by atoms with Crippen molar-refractivity contribution in [2.45, 2.75) is 29.0 Å². The molecule has 1 aliphatic rings. The largest absolute Gasteiger partial charge is 0.349 e. The minimum atomic E-state index is -3.27. The molecule has 110 valence electrons. The predicted octanol–water partition coefficient (Wildman–Crippen LogP) is 2.48. The zero-order valence-electron chi connectivity index (χ0n) is 11.2. The summed E-state index contributed by atoms with van der Waals surface area (Å²) in [4.78, 5) is 12.2. The van der Waals surface area contributed by atoms with Crippen LogP contribution in [0.25, 0.3) is 0 Å². The highest BCUT2D eigenvalue weighted by Gasteiger charge is 2.40. The Bertz CT molecular complexity index is 718.